The van der Waals surface area contributed by atoms with Crippen LogP contribution in [0.25, 0.3) is 0 Å². The molecule has 0 spiro atoms. The maximum absolute atomic E-state index is 12.1. The fourth-order valence-corrected chi connectivity index (χ4v) is 2.31. The molecule has 7 nitrogen and oxygen atoms in total. The predicted molar refractivity (Wildman–Crippen MR) is 91.8 cm³/mol. The number of benzene rings is 2. The molecule has 2 aromatic rings. The number of hydrogen-bond acceptors (Lipinski definition) is 6. The Balaban J connectivity index is 1.66. The van der Waals surface area contributed by atoms with Crippen molar-refractivity contribution in [3.05, 3.63) is 47.5 Å². The lowest BCUT2D eigenvalue weighted by Crippen LogP contribution is -2.17. The van der Waals surface area contributed by atoms with Gasteiger partial charge < -0.3 is 18.9 Å². The molecule has 2 aromatic carbocycles. The molecule has 0 aromatic heterocycles. The van der Waals surface area contributed by atoms with E-state index in [9.17, 15) is 4.79 Å². The number of carbonyl (C=O) groups is 1. The van der Waals surface area contributed by atoms with Crippen molar-refractivity contribution in [3.8, 4) is 23.0 Å². The van der Waals surface area contributed by atoms with Crippen LogP contribution in [0.15, 0.2) is 41.5 Å². The van der Waals surface area contributed by atoms with Crippen LogP contribution in [0.5, 0.6) is 23.0 Å². The minimum atomic E-state index is -0.340. The van der Waals surface area contributed by atoms with Gasteiger partial charge in [-0.3, -0.25) is 4.79 Å². The molecular weight excluding hydrogens is 324 g/mol. The van der Waals surface area contributed by atoms with E-state index in [1.165, 1.54) is 6.21 Å². The molecule has 0 radical (unpaired) electrons. The molecule has 1 N–H and O–H groups in total. The van der Waals surface area contributed by atoms with Gasteiger partial charge in [-0.2, -0.15) is 5.10 Å². The molecule has 0 bridgehead atoms. The van der Waals surface area contributed by atoms with E-state index >= 15 is 0 Å². The summed E-state index contributed by atoms with van der Waals surface area (Å²) in [6, 6.07) is 10.4. The number of rotatable bonds is 6. The highest BCUT2D eigenvalue weighted by Crippen LogP contribution is 2.32. The molecule has 7 heteroatoms. The van der Waals surface area contributed by atoms with E-state index in [-0.39, 0.29) is 12.7 Å². The number of hydrogen-bond donors (Lipinski definition) is 1. The lowest BCUT2D eigenvalue weighted by Gasteiger charge is -2.09. The maximum Gasteiger partial charge on any atom is 0.271 e. The normalized spacial score (nSPS) is 12.2. The molecule has 0 aliphatic carbocycles. The van der Waals surface area contributed by atoms with E-state index in [1.807, 2.05) is 13.0 Å². The van der Waals surface area contributed by atoms with E-state index in [2.05, 4.69) is 10.5 Å². The van der Waals surface area contributed by atoms with Gasteiger partial charge in [0.25, 0.3) is 5.91 Å². The van der Waals surface area contributed by atoms with Crippen molar-refractivity contribution in [2.24, 2.45) is 5.10 Å². The molecule has 1 amide bonds. The Kier molecular flexibility index (Phi) is 5.03. The molecular formula is C18H18N2O5. The molecule has 1 aliphatic heterocycles. The Morgan fingerprint density at radius 1 is 1.20 bits per heavy atom. The summed E-state index contributed by atoms with van der Waals surface area (Å²) in [6.45, 7) is 2.59. The molecule has 3 rings (SSSR count). The van der Waals surface area contributed by atoms with E-state index in [0.29, 0.717) is 35.2 Å². The fourth-order valence-electron chi connectivity index (χ4n) is 2.31. The molecule has 0 unspecified atom stereocenters. The average molecular weight is 342 g/mol. The van der Waals surface area contributed by atoms with Crippen molar-refractivity contribution in [2.75, 3.05) is 20.5 Å². The van der Waals surface area contributed by atoms with Crippen molar-refractivity contribution in [1.82, 2.24) is 5.43 Å². The van der Waals surface area contributed by atoms with Gasteiger partial charge in [-0.25, -0.2) is 5.43 Å². The SMILES string of the molecule is CCOc1cc(C=NNC(=O)c2ccc3c(c2)OCO3)ccc1OC. The van der Waals surface area contributed by atoms with Crippen LogP contribution in [0.1, 0.15) is 22.8 Å². The first kappa shape index (κ1) is 16.6. The second kappa shape index (κ2) is 7.57. The number of ether oxygens (including phenoxy) is 4. The van der Waals surface area contributed by atoms with Crippen LogP contribution in [0.4, 0.5) is 0 Å². The van der Waals surface area contributed by atoms with Gasteiger partial charge >= 0.3 is 0 Å². The third-order valence-electron chi connectivity index (χ3n) is 3.50. The maximum atomic E-state index is 12.1. The summed E-state index contributed by atoms with van der Waals surface area (Å²) < 4.78 is 21.2. The molecule has 0 saturated carbocycles. The highest BCUT2D eigenvalue weighted by molar-refractivity contribution is 5.95. The Labute approximate surface area is 145 Å². The zero-order valence-corrected chi connectivity index (χ0v) is 13.9. The van der Waals surface area contributed by atoms with Gasteiger partial charge in [-0.1, -0.05) is 0 Å². The van der Waals surface area contributed by atoms with Crippen molar-refractivity contribution in [2.45, 2.75) is 6.92 Å². The predicted octanol–water partition coefficient (Wildman–Crippen LogP) is 2.59. The number of carbonyl (C=O) groups excluding carboxylic acids is 1. The van der Waals surface area contributed by atoms with E-state index in [1.54, 1.807) is 37.4 Å². The van der Waals surface area contributed by atoms with Crippen LogP contribution in [0, 0.1) is 0 Å². The van der Waals surface area contributed by atoms with Crippen LogP contribution in [0.2, 0.25) is 0 Å². The first-order valence-corrected chi connectivity index (χ1v) is 7.75. The molecule has 0 saturated heterocycles. The van der Waals surface area contributed by atoms with Crippen LogP contribution in [0.3, 0.4) is 0 Å². The third-order valence-corrected chi connectivity index (χ3v) is 3.50. The van der Waals surface area contributed by atoms with Gasteiger partial charge in [0.05, 0.1) is 19.9 Å². The number of nitrogens with one attached hydrogen (secondary N) is 1. The smallest absolute Gasteiger partial charge is 0.271 e. The highest BCUT2D eigenvalue weighted by Gasteiger charge is 2.15. The quantitative estimate of drug-likeness (QED) is 0.645. The average Bonchev–Trinajstić information content (AvgIpc) is 3.10. The summed E-state index contributed by atoms with van der Waals surface area (Å²) >= 11 is 0. The lowest BCUT2D eigenvalue weighted by atomic mass is 10.2. The minimum absolute atomic E-state index is 0.165. The van der Waals surface area contributed by atoms with Crippen LogP contribution in [-0.2, 0) is 0 Å². The monoisotopic (exact) mass is 342 g/mol. The molecule has 0 atom stereocenters. The Morgan fingerprint density at radius 2 is 2.04 bits per heavy atom. The Morgan fingerprint density at radius 3 is 2.84 bits per heavy atom. The largest absolute Gasteiger partial charge is 0.493 e. The van der Waals surface area contributed by atoms with E-state index in [4.69, 9.17) is 18.9 Å². The van der Waals surface area contributed by atoms with Gasteiger partial charge in [0.1, 0.15) is 0 Å². The van der Waals surface area contributed by atoms with Gasteiger partial charge in [0.2, 0.25) is 6.79 Å². The second-order valence-electron chi connectivity index (χ2n) is 5.11. The summed E-state index contributed by atoms with van der Waals surface area (Å²) in [5, 5.41) is 3.98. The number of hydrazone groups is 1. The molecule has 1 aliphatic rings. The number of amides is 1. The summed E-state index contributed by atoms with van der Waals surface area (Å²) in [7, 11) is 1.58. The van der Waals surface area contributed by atoms with Crippen molar-refractivity contribution < 1.29 is 23.7 Å². The number of fused-ring (bicyclic) bond motifs is 1. The highest BCUT2D eigenvalue weighted by atomic mass is 16.7. The second-order valence-corrected chi connectivity index (χ2v) is 5.11. The Bertz CT molecular complexity index is 804. The zero-order valence-electron chi connectivity index (χ0n) is 13.9. The molecule has 1 heterocycles. The number of nitrogens with zero attached hydrogens (tertiary/aromatic N) is 1. The summed E-state index contributed by atoms with van der Waals surface area (Å²) in [5.41, 5.74) is 3.69. The fraction of sp³-hybridized carbons (Fsp3) is 0.222. The van der Waals surface area contributed by atoms with Gasteiger partial charge in [-0.15, -0.1) is 0 Å². The van der Waals surface area contributed by atoms with Crippen molar-refractivity contribution in [3.63, 3.8) is 0 Å². The van der Waals surface area contributed by atoms with E-state index < -0.39 is 0 Å². The third kappa shape index (κ3) is 3.82. The molecule has 130 valence electrons. The van der Waals surface area contributed by atoms with Crippen LogP contribution < -0.4 is 24.4 Å². The van der Waals surface area contributed by atoms with Crippen molar-refractivity contribution in [1.29, 1.82) is 0 Å². The standard InChI is InChI=1S/C18H18N2O5/c1-3-23-16-8-12(4-6-14(16)22-2)10-19-20-18(21)13-5-7-15-17(9-13)25-11-24-15/h4-10H,3,11H2,1-2H3,(H,20,21). The van der Waals surface area contributed by atoms with Gasteiger partial charge in [0.15, 0.2) is 23.0 Å². The van der Waals surface area contributed by atoms with Gasteiger partial charge in [0, 0.05) is 5.56 Å². The number of methoxy groups -OCH3 is 1. The molecule has 0 fully saturated rings. The Hall–Kier alpha value is -3.22. The first-order chi connectivity index (χ1) is 12.2. The molecule has 25 heavy (non-hydrogen) atoms. The van der Waals surface area contributed by atoms with Crippen molar-refractivity contribution >= 4 is 12.1 Å². The topological polar surface area (TPSA) is 78.4 Å². The van der Waals surface area contributed by atoms with Crippen LogP contribution in [-0.4, -0.2) is 32.6 Å². The lowest BCUT2D eigenvalue weighted by molar-refractivity contribution is 0.0954. The zero-order chi connectivity index (χ0) is 17.6. The van der Waals surface area contributed by atoms with Crippen LogP contribution >= 0.6 is 0 Å². The first-order valence-electron chi connectivity index (χ1n) is 7.75. The van der Waals surface area contributed by atoms with Gasteiger partial charge in [-0.05, 0) is 48.9 Å². The minimum Gasteiger partial charge on any atom is -0.493 e. The summed E-state index contributed by atoms with van der Waals surface area (Å²) in [5.74, 6) is 2.10. The summed E-state index contributed by atoms with van der Waals surface area (Å²) in [6.07, 6.45) is 1.53. The van der Waals surface area contributed by atoms with E-state index in [0.717, 1.165) is 5.56 Å². The summed E-state index contributed by atoms with van der Waals surface area (Å²) in [4.78, 5) is 12.1.